The summed E-state index contributed by atoms with van der Waals surface area (Å²) < 4.78 is 27.6. The van der Waals surface area contributed by atoms with Gasteiger partial charge < -0.3 is 15.6 Å². The molecular weight excluding hydrogens is 246 g/mol. The molecule has 3 N–H and O–H groups in total. The molecule has 0 spiro atoms. The van der Waals surface area contributed by atoms with E-state index in [1.54, 1.807) is 0 Å². The van der Waals surface area contributed by atoms with Gasteiger partial charge in [-0.05, 0) is 18.2 Å². The number of hydrogen-bond acceptors (Lipinski definition) is 5. The Morgan fingerprint density at radius 1 is 1.47 bits per heavy atom. The zero-order chi connectivity index (χ0) is 13.1. The third kappa shape index (κ3) is 3.95. The van der Waals surface area contributed by atoms with E-state index >= 15 is 0 Å². The largest absolute Gasteiger partial charge is 0.491 e. The minimum Gasteiger partial charge on any atom is -0.491 e. The van der Waals surface area contributed by atoms with Crippen molar-refractivity contribution in [3.63, 3.8) is 0 Å². The molecule has 0 unspecified atom stereocenters. The third-order valence-corrected chi connectivity index (χ3v) is 3.09. The fourth-order valence-electron chi connectivity index (χ4n) is 1.14. The molecule has 1 aromatic carbocycles. The summed E-state index contributed by atoms with van der Waals surface area (Å²) in [6.07, 6.45) is 0.931. The Kier molecular flexibility index (Phi) is 3.95. The SMILES string of the molecule is CS(=O)(=O)c1ccc(OCCC(=O)O)c(N)c1. The number of hydrogen-bond donors (Lipinski definition) is 2. The number of rotatable bonds is 5. The van der Waals surface area contributed by atoms with Gasteiger partial charge >= 0.3 is 5.97 Å². The van der Waals surface area contributed by atoms with Gasteiger partial charge in [0.05, 0.1) is 23.6 Å². The van der Waals surface area contributed by atoms with Crippen LogP contribution >= 0.6 is 0 Å². The Bertz CT molecular complexity index is 523. The van der Waals surface area contributed by atoms with Crippen molar-refractivity contribution in [3.8, 4) is 5.75 Å². The number of nitrogen functional groups attached to an aromatic ring is 1. The number of carbonyl (C=O) groups is 1. The summed E-state index contributed by atoms with van der Waals surface area (Å²) in [5.41, 5.74) is 5.76. The maximum Gasteiger partial charge on any atom is 0.306 e. The molecule has 0 saturated carbocycles. The van der Waals surface area contributed by atoms with Gasteiger partial charge in [-0.15, -0.1) is 0 Å². The number of benzene rings is 1. The molecule has 0 aliphatic heterocycles. The van der Waals surface area contributed by atoms with Crippen LogP contribution in [0.2, 0.25) is 0 Å². The van der Waals surface area contributed by atoms with Crippen LogP contribution in [-0.4, -0.2) is 32.4 Å². The Hall–Kier alpha value is -1.76. The zero-order valence-electron chi connectivity index (χ0n) is 9.21. The van der Waals surface area contributed by atoms with E-state index in [1.165, 1.54) is 18.2 Å². The first kappa shape index (κ1) is 13.3. The van der Waals surface area contributed by atoms with Crippen LogP contribution in [0, 0.1) is 0 Å². The highest BCUT2D eigenvalue weighted by Gasteiger charge is 2.10. The van der Waals surface area contributed by atoms with Gasteiger partial charge in [0.2, 0.25) is 0 Å². The van der Waals surface area contributed by atoms with Crippen molar-refractivity contribution in [2.75, 3.05) is 18.6 Å². The molecular formula is C10H13NO5S. The summed E-state index contributed by atoms with van der Waals surface area (Å²) in [6.45, 7) is -0.0161. The molecule has 0 aliphatic carbocycles. The van der Waals surface area contributed by atoms with Crippen molar-refractivity contribution in [2.45, 2.75) is 11.3 Å². The average Bonchev–Trinajstić information content (AvgIpc) is 2.18. The topological polar surface area (TPSA) is 107 Å². The van der Waals surface area contributed by atoms with Gasteiger partial charge in [0.15, 0.2) is 9.84 Å². The van der Waals surface area contributed by atoms with Gasteiger partial charge in [-0.1, -0.05) is 0 Å². The lowest BCUT2D eigenvalue weighted by Gasteiger charge is -2.08. The number of sulfone groups is 1. The highest BCUT2D eigenvalue weighted by Crippen LogP contribution is 2.24. The van der Waals surface area contributed by atoms with Crippen molar-refractivity contribution in [1.29, 1.82) is 0 Å². The molecule has 0 aromatic heterocycles. The van der Waals surface area contributed by atoms with Gasteiger partial charge in [0.1, 0.15) is 5.75 Å². The van der Waals surface area contributed by atoms with Gasteiger partial charge in [-0.3, -0.25) is 4.79 Å². The van der Waals surface area contributed by atoms with Crippen LogP contribution in [0.1, 0.15) is 6.42 Å². The van der Waals surface area contributed by atoms with E-state index in [0.29, 0.717) is 0 Å². The van der Waals surface area contributed by atoms with Crippen LogP contribution < -0.4 is 10.5 Å². The van der Waals surface area contributed by atoms with Crippen molar-refractivity contribution in [2.24, 2.45) is 0 Å². The highest BCUT2D eigenvalue weighted by molar-refractivity contribution is 7.90. The summed E-state index contributed by atoms with van der Waals surface area (Å²) >= 11 is 0. The average molecular weight is 259 g/mol. The van der Waals surface area contributed by atoms with Crippen molar-refractivity contribution < 1.29 is 23.1 Å². The molecule has 0 aliphatic rings. The lowest BCUT2D eigenvalue weighted by atomic mass is 10.3. The molecule has 0 radical (unpaired) electrons. The Balaban J connectivity index is 2.80. The van der Waals surface area contributed by atoms with Crippen molar-refractivity contribution in [1.82, 2.24) is 0 Å². The molecule has 0 saturated heterocycles. The predicted octanol–water partition coefficient (Wildman–Crippen LogP) is 0.526. The maximum absolute atomic E-state index is 11.2. The first-order valence-corrected chi connectivity index (χ1v) is 6.64. The molecule has 1 rings (SSSR count). The lowest BCUT2D eigenvalue weighted by molar-refractivity contribution is -0.137. The summed E-state index contributed by atoms with van der Waals surface area (Å²) in [5, 5.41) is 8.42. The van der Waals surface area contributed by atoms with E-state index in [1.807, 2.05) is 0 Å². The minimum atomic E-state index is -3.31. The second-order valence-corrected chi connectivity index (χ2v) is 5.48. The number of carboxylic acids is 1. The van der Waals surface area contributed by atoms with Crippen LogP contribution in [0.15, 0.2) is 23.1 Å². The smallest absolute Gasteiger partial charge is 0.306 e. The highest BCUT2D eigenvalue weighted by atomic mass is 32.2. The third-order valence-electron chi connectivity index (χ3n) is 1.98. The lowest BCUT2D eigenvalue weighted by Crippen LogP contribution is -2.06. The molecule has 0 amide bonds. The molecule has 0 heterocycles. The Morgan fingerprint density at radius 2 is 2.12 bits per heavy atom. The van der Waals surface area contributed by atoms with E-state index in [-0.39, 0.29) is 29.4 Å². The summed E-state index contributed by atoms with van der Waals surface area (Å²) in [6, 6.07) is 4.06. The van der Waals surface area contributed by atoms with Gasteiger partial charge in [-0.25, -0.2) is 8.42 Å². The Labute approximate surface area is 98.9 Å². The number of aliphatic carboxylic acids is 1. The predicted molar refractivity (Wildman–Crippen MR) is 61.7 cm³/mol. The fourth-order valence-corrected chi connectivity index (χ4v) is 1.79. The molecule has 94 valence electrons. The number of nitrogens with two attached hydrogens (primary N) is 1. The summed E-state index contributed by atoms with van der Waals surface area (Å²) in [5.74, 6) is -0.699. The molecule has 0 bridgehead atoms. The Morgan fingerprint density at radius 3 is 2.59 bits per heavy atom. The molecule has 7 heteroatoms. The number of anilines is 1. The van der Waals surface area contributed by atoms with E-state index in [0.717, 1.165) is 6.26 Å². The quantitative estimate of drug-likeness (QED) is 0.747. The van der Waals surface area contributed by atoms with E-state index in [2.05, 4.69) is 0 Å². The van der Waals surface area contributed by atoms with E-state index in [4.69, 9.17) is 15.6 Å². The van der Waals surface area contributed by atoms with Gasteiger partial charge in [0.25, 0.3) is 0 Å². The van der Waals surface area contributed by atoms with Crippen LogP contribution in [0.3, 0.4) is 0 Å². The maximum atomic E-state index is 11.2. The first-order chi connectivity index (χ1) is 7.80. The normalized spacial score (nSPS) is 11.1. The molecule has 0 fully saturated rings. The van der Waals surface area contributed by atoms with Crippen LogP contribution in [0.4, 0.5) is 5.69 Å². The minimum absolute atomic E-state index is 0.0161. The monoisotopic (exact) mass is 259 g/mol. The van der Waals surface area contributed by atoms with E-state index in [9.17, 15) is 13.2 Å². The second-order valence-electron chi connectivity index (χ2n) is 3.46. The van der Waals surface area contributed by atoms with Crippen LogP contribution in [0.25, 0.3) is 0 Å². The summed E-state index contributed by atoms with van der Waals surface area (Å²) in [4.78, 5) is 10.4. The second kappa shape index (κ2) is 5.05. The van der Waals surface area contributed by atoms with Gasteiger partial charge in [-0.2, -0.15) is 0 Å². The zero-order valence-corrected chi connectivity index (χ0v) is 10.0. The molecule has 1 aromatic rings. The molecule has 6 nitrogen and oxygen atoms in total. The molecule has 0 atom stereocenters. The molecule has 17 heavy (non-hydrogen) atoms. The summed E-state index contributed by atoms with van der Waals surface area (Å²) in [7, 11) is -3.31. The first-order valence-electron chi connectivity index (χ1n) is 4.75. The number of carboxylic acid groups (broad SMARTS) is 1. The van der Waals surface area contributed by atoms with Crippen molar-refractivity contribution in [3.05, 3.63) is 18.2 Å². The van der Waals surface area contributed by atoms with Gasteiger partial charge in [0, 0.05) is 6.26 Å². The van der Waals surface area contributed by atoms with Crippen molar-refractivity contribution >= 4 is 21.5 Å². The van der Waals surface area contributed by atoms with Crippen LogP contribution in [0.5, 0.6) is 5.75 Å². The van der Waals surface area contributed by atoms with E-state index < -0.39 is 15.8 Å². The fraction of sp³-hybridized carbons (Fsp3) is 0.300. The standard InChI is InChI=1S/C10H13NO5S/c1-17(14,15)7-2-3-9(8(11)6-7)16-5-4-10(12)13/h2-3,6H,4-5,11H2,1H3,(H,12,13). The number of ether oxygens (including phenoxy) is 1. The van der Waals surface area contributed by atoms with Crippen LogP contribution in [-0.2, 0) is 14.6 Å².